The van der Waals surface area contributed by atoms with E-state index in [0.717, 1.165) is 0 Å². The Kier molecular flexibility index (Phi) is 3.93. The Morgan fingerprint density at radius 3 is 2.31 bits per heavy atom. The van der Waals surface area contributed by atoms with Gasteiger partial charge in [-0.05, 0) is 18.6 Å². The van der Waals surface area contributed by atoms with Crippen molar-refractivity contribution in [2.24, 2.45) is 0 Å². The standard InChI is InChI=1S/C11H17NO3S/c1-4-12(5-2)16(14,15)11-8-10(13)7-6-9(11)3/h6-8,13H,4-5H2,1-3H3. The van der Waals surface area contributed by atoms with Crippen molar-refractivity contribution >= 4 is 10.0 Å². The van der Waals surface area contributed by atoms with Gasteiger partial charge in [-0.3, -0.25) is 0 Å². The summed E-state index contributed by atoms with van der Waals surface area (Å²) >= 11 is 0. The Morgan fingerprint density at radius 2 is 1.81 bits per heavy atom. The zero-order chi connectivity index (χ0) is 12.3. The molecule has 0 radical (unpaired) electrons. The number of rotatable bonds is 4. The largest absolute Gasteiger partial charge is 0.508 e. The summed E-state index contributed by atoms with van der Waals surface area (Å²) in [6.07, 6.45) is 0. The zero-order valence-corrected chi connectivity index (χ0v) is 10.6. The summed E-state index contributed by atoms with van der Waals surface area (Å²) in [6.45, 7) is 6.15. The second-order valence-electron chi connectivity index (χ2n) is 3.54. The van der Waals surface area contributed by atoms with Crippen LogP contribution in [0.1, 0.15) is 19.4 Å². The molecule has 0 aliphatic heterocycles. The van der Waals surface area contributed by atoms with E-state index in [0.29, 0.717) is 18.7 Å². The lowest BCUT2D eigenvalue weighted by Crippen LogP contribution is -2.31. The highest BCUT2D eigenvalue weighted by molar-refractivity contribution is 7.89. The van der Waals surface area contributed by atoms with Crippen molar-refractivity contribution in [3.05, 3.63) is 23.8 Å². The topological polar surface area (TPSA) is 57.6 Å². The molecule has 0 aromatic heterocycles. The molecule has 1 N–H and O–H groups in total. The molecule has 1 aromatic rings. The summed E-state index contributed by atoms with van der Waals surface area (Å²) < 4.78 is 25.7. The van der Waals surface area contributed by atoms with Crippen LogP contribution in [-0.4, -0.2) is 30.9 Å². The number of sulfonamides is 1. The van der Waals surface area contributed by atoms with Gasteiger partial charge in [0.25, 0.3) is 0 Å². The highest BCUT2D eigenvalue weighted by Crippen LogP contribution is 2.23. The van der Waals surface area contributed by atoms with Gasteiger partial charge >= 0.3 is 0 Å². The van der Waals surface area contributed by atoms with Crippen molar-refractivity contribution in [3.63, 3.8) is 0 Å². The average Bonchev–Trinajstić information content (AvgIpc) is 2.23. The van der Waals surface area contributed by atoms with Crippen LogP contribution in [0.2, 0.25) is 0 Å². The van der Waals surface area contributed by atoms with E-state index >= 15 is 0 Å². The molecule has 0 amide bonds. The van der Waals surface area contributed by atoms with Gasteiger partial charge in [0.15, 0.2) is 0 Å². The van der Waals surface area contributed by atoms with Crippen molar-refractivity contribution in [2.45, 2.75) is 25.7 Å². The normalized spacial score (nSPS) is 12.0. The summed E-state index contributed by atoms with van der Waals surface area (Å²) in [6, 6.07) is 4.38. The molecule has 0 aliphatic carbocycles. The first-order chi connectivity index (χ1) is 7.43. The van der Waals surface area contributed by atoms with E-state index in [9.17, 15) is 13.5 Å². The summed E-state index contributed by atoms with van der Waals surface area (Å²) in [4.78, 5) is 0.177. The maximum atomic E-state index is 12.2. The van der Waals surface area contributed by atoms with Crippen LogP contribution >= 0.6 is 0 Å². The van der Waals surface area contributed by atoms with Crippen molar-refractivity contribution in [1.82, 2.24) is 4.31 Å². The van der Waals surface area contributed by atoms with Crippen LogP contribution in [0, 0.1) is 6.92 Å². The number of phenolic OH excluding ortho intramolecular Hbond substituents is 1. The molecule has 5 heteroatoms. The van der Waals surface area contributed by atoms with Gasteiger partial charge in [-0.1, -0.05) is 19.9 Å². The maximum Gasteiger partial charge on any atom is 0.243 e. The highest BCUT2D eigenvalue weighted by Gasteiger charge is 2.23. The molecule has 0 heterocycles. The van der Waals surface area contributed by atoms with Crippen LogP contribution in [-0.2, 0) is 10.0 Å². The van der Waals surface area contributed by atoms with E-state index in [-0.39, 0.29) is 10.6 Å². The molecule has 0 saturated heterocycles. The lowest BCUT2D eigenvalue weighted by Gasteiger charge is -2.19. The van der Waals surface area contributed by atoms with E-state index in [1.807, 2.05) is 0 Å². The van der Waals surface area contributed by atoms with Gasteiger partial charge in [0.1, 0.15) is 5.75 Å². The predicted octanol–water partition coefficient (Wildman–Crippen LogP) is 1.73. The van der Waals surface area contributed by atoms with E-state index in [2.05, 4.69) is 0 Å². The van der Waals surface area contributed by atoms with Gasteiger partial charge in [-0.15, -0.1) is 0 Å². The summed E-state index contributed by atoms with van der Waals surface area (Å²) in [7, 11) is -3.48. The predicted molar refractivity (Wildman–Crippen MR) is 63.0 cm³/mol. The molecule has 90 valence electrons. The van der Waals surface area contributed by atoms with Crippen molar-refractivity contribution in [3.8, 4) is 5.75 Å². The monoisotopic (exact) mass is 243 g/mol. The smallest absolute Gasteiger partial charge is 0.243 e. The van der Waals surface area contributed by atoms with Crippen LogP contribution in [0.4, 0.5) is 0 Å². The molecular formula is C11H17NO3S. The zero-order valence-electron chi connectivity index (χ0n) is 9.77. The minimum absolute atomic E-state index is 0.0312. The molecule has 1 aromatic carbocycles. The number of aromatic hydroxyl groups is 1. The summed E-state index contributed by atoms with van der Waals surface area (Å²) in [5, 5.41) is 9.35. The quantitative estimate of drug-likeness (QED) is 0.876. The average molecular weight is 243 g/mol. The van der Waals surface area contributed by atoms with Gasteiger partial charge in [0.2, 0.25) is 10.0 Å². The van der Waals surface area contributed by atoms with Crippen molar-refractivity contribution < 1.29 is 13.5 Å². The van der Waals surface area contributed by atoms with E-state index < -0.39 is 10.0 Å². The summed E-state index contributed by atoms with van der Waals surface area (Å²) in [5.74, 6) is -0.0312. The third-order valence-electron chi connectivity index (χ3n) is 2.49. The van der Waals surface area contributed by atoms with Gasteiger partial charge in [0, 0.05) is 19.2 Å². The van der Waals surface area contributed by atoms with Crippen LogP contribution in [0.5, 0.6) is 5.75 Å². The second-order valence-corrected chi connectivity index (χ2v) is 5.45. The molecule has 0 atom stereocenters. The Balaban J connectivity index is 3.31. The molecule has 0 unspecified atom stereocenters. The molecule has 4 nitrogen and oxygen atoms in total. The Hall–Kier alpha value is -1.07. The molecular weight excluding hydrogens is 226 g/mol. The third kappa shape index (κ3) is 2.36. The highest BCUT2D eigenvalue weighted by atomic mass is 32.2. The maximum absolute atomic E-state index is 12.2. The number of hydrogen-bond donors (Lipinski definition) is 1. The Morgan fingerprint density at radius 1 is 1.25 bits per heavy atom. The fourth-order valence-electron chi connectivity index (χ4n) is 1.57. The Bertz CT molecular complexity index is 464. The van der Waals surface area contributed by atoms with E-state index in [4.69, 9.17) is 0 Å². The molecule has 16 heavy (non-hydrogen) atoms. The lowest BCUT2D eigenvalue weighted by atomic mass is 10.2. The number of hydrogen-bond acceptors (Lipinski definition) is 3. The fraction of sp³-hybridized carbons (Fsp3) is 0.455. The first-order valence-corrected chi connectivity index (χ1v) is 6.67. The number of nitrogens with zero attached hydrogens (tertiary/aromatic N) is 1. The van der Waals surface area contributed by atoms with Crippen LogP contribution in [0.25, 0.3) is 0 Å². The fourth-order valence-corrected chi connectivity index (χ4v) is 3.27. The third-order valence-corrected chi connectivity index (χ3v) is 4.69. The number of benzene rings is 1. The van der Waals surface area contributed by atoms with Gasteiger partial charge < -0.3 is 5.11 Å². The molecule has 1 rings (SSSR count). The molecule has 0 spiro atoms. The molecule has 0 bridgehead atoms. The SMILES string of the molecule is CCN(CC)S(=O)(=O)c1cc(O)ccc1C. The first-order valence-electron chi connectivity index (χ1n) is 5.23. The second kappa shape index (κ2) is 4.84. The van der Waals surface area contributed by atoms with Crippen molar-refractivity contribution in [2.75, 3.05) is 13.1 Å². The van der Waals surface area contributed by atoms with Gasteiger partial charge in [0.05, 0.1) is 4.90 Å². The van der Waals surface area contributed by atoms with Crippen LogP contribution in [0.3, 0.4) is 0 Å². The summed E-state index contributed by atoms with van der Waals surface area (Å²) in [5.41, 5.74) is 0.643. The number of phenols is 1. The lowest BCUT2D eigenvalue weighted by molar-refractivity contribution is 0.442. The van der Waals surface area contributed by atoms with E-state index in [1.54, 1.807) is 26.8 Å². The first kappa shape index (κ1) is 13.0. The van der Waals surface area contributed by atoms with Gasteiger partial charge in [-0.2, -0.15) is 4.31 Å². The molecule has 0 aliphatic rings. The van der Waals surface area contributed by atoms with Crippen LogP contribution in [0.15, 0.2) is 23.1 Å². The van der Waals surface area contributed by atoms with Gasteiger partial charge in [-0.25, -0.2) is 8.42 Å². The molecule has 0 saturated carbocycles. The molecule has 0 fully saturated rings. The van der Waals surface area contributed by atoms with Crippen molar-refractivity contribution in [1.29, 1.82) is 0 Å². The minimum atomic E-state index is -3.48. The minimum Gasteiger partial charge on any atom is -0.508 e. The Labute approximate surface area is 96.6 Å². The van der Waals surface area contributed by atoms with Crippen LogP contribution < -0.4 is 0 Å². The number of aryl methyl sites for hydroxylation is 1. The van der Waals surface area contributed by atoms with E-state index in [1.165, 1.54) is 16.4 Å².